The van der Waals surface area contributed by atoms with Crippen molar-refractivity contribution in [3.05, 3.63) is 0 Å². The highest BCUT2D eigenvalue weighted by atomic mass is 19.1. The Morgan fingerprint density at radius 3 is 2.50 bits per heavy atom. The topological polar surface area (TPSA) is 58.9 Å². The van der Waals surface area contributed by atoms with Crippen LogP contribution in [0.1, 0.15) is 19.3 Å². The molecule has 2 aliphatic rings. The summed E-state index contributed by atoms with van der Waals surface area (Å²) in [6.45, 7) is -0.124. The Kier molecular flexibility index (Phi) is 3.07. The third-order valence-corrected chi connectivity index (χ3v) is 2.98. The lowest BCUT2D eigenvalue weighted by molar-refractivity contribution is -0.138. The monoisotopic (exact) mass is 233 g/mol. The molecule has 90 valence electrons. The van der Waals surface area contributed by atoms with Crippen molar-refractivity contribution in [2.24, 2.45) is 10.9 Å². The summed E-state index contributed by atoms with van der Waals surface area (Å²) in [5.41, 5.74) is 0. The van der Waals surface area contributed by atoms with Crippen molar-refractivity contribution in [1.82, 2.24) is 0 Å². The Morgan fingerprint density at radius 1 is 1.38 bits per heavy atom. The molecule has 0 aromatic carbocycles. The van der Waals surface area contributed by atoms with Gasteiger partial charge in [0.2, 0.25) is 0 Å². The van der Waals surface area contributed by atoms with Crippen LogP contribution in [-0.2, 0) is 9.53 Å². The van der Waals surface area contributed by atoms with Crippen LogP contribution in [0.4, 0.5) is 8.78 Å². The van der Waals surface area contributed by atoms with Gasteiger partial charge in [0.15, 0.2) is 11.9 Å². The van der Waals surface area contributed by atoms with Crippen LogP contribution in [0.2, 0.25) is 0 Å². The Morgan fingerprint density at radius 2 is 2.00 bits per heavy atom. The van der Waals surface area contributed by atoms with Crippen molar-refractivity contribution in [2.75, 3.05) is 6.61 Å². The van der Waals surface area contributed by atoms with Crippen molar-refractivity contribution >= 4 is 11.9 Å². The van der Waals surface area contributed by atoms with Crippen LogP contribution in [0.3, 0.4) is 0 Å². The Labute approximate surface area is 91.3 Å². The zero-order chi connectivity index (χ0) is 11.7. The van der Waals surface area contributed by atoms with E-state index in [1.807, 2.05) is 0 Å². The van der Waals surface area contributed by atoms with Crippen LogP contribution in [0.15, 0.2) is 4.99 Å². The molecule has 1 heterocycles. The maximum absolute atomic E-state index is 13.5. The first kappa shape index (κ1) is 11.3. The Balaban J connectivity index is 2.11. The molecule has 3 unspecified atom stereocenters. The minimum atomic E-state index is -1.32. The molecule has 0 aromatic heterocycles. The van der Waals surface area contributed by atoms with E-state index in [2.05, 4.69) is 4.99 Å². The van der Waals surface area contributed by atoms with E-state index in [0.29, 0.717) is 6.42 Å². The molecule has 1 aliphatic carbocycles. The second-order valence-corrected chi connectivity index (χ2v) is 4.12. The number of aliphatic imine (C=N–C) groups is 1. The van der Waals surface area contributed by atoms with Crippen LogP contribution < -0.4 is 0 Å². The summed E-state index contributed by atoms with van der Waals surface area (Å²) in [5.74, 6) is -2.21. The van der Waals surface area contributed by atoms with E-state index < -0.39 is 30.3 Å². The zero-order valence-corrected chi connectivity index (χ0v) is 8.60. The Bertz CT molecular complexity index is 311. The van der Waals surface area contributed by atoms with Gasteiger partial charge in [-0.25, -0.2) is 18.6 Å². The molecule has 1 fully saturated rings. The van der Waals surface area contributed by atoms with Gasteiger partial charge in [0.05, 0.1) is 5.92 Å². The highest BCUT2D eigenvalue weighted by Gasteiger charge is 2.41. The van der Waals surface area contributed by atoms with E-state index in [1.165, 1.54) is 0 Å². The van der Waals surface area contributed by atoms with Crippen LogP contribution in [0, 0.1) is 5.92 Å². The van der Waals surface area contributed by atoms with Crippen molar-refractivity contribution in [2.45, 2.75) is 37.6 Å². The van der Waals surface area contributed by atoms with E-state index in [-0.39, 0.29) is 25.3 Å². The number of rotatable bonds is 2. The summed E-state index contributed by atoms with van der Waals surface area (Å²) in [5, 5.41) is 8.69. The molecule has 0 aromatic rings. The predicted octanol–water partition coefficient (Wildman–Crippen LogP) is 1.34. The lowest BCUT2D eigenvalue weighted by Crippen LogP contribution is -2.37. The highest BCUT2D eigenvalue weighted by Crippen LogP contribution is 2.32. The van der Waals surface area contributed by atoms with E-state index >= 15 is 0 Å². The van der Waals surface area contributed by atoms with Gasteiger partial charge in [-0.05, 0) is 19.3 Å². The molecule has 0 saturated heterocycles. The van der Waals surface area contributed by atoms with Gasteiger partial charge < -0.3 is 9.84 Å². The number of carboxylic acids is 1. The molecule has 1 saturated carbocycles. The fourth-order valence-electron chi connectivity index (χ4n) is 2.10. The third kappa shape index (κ3) is 2.01. The summed E-state index contributed by atoms with van der Waals surface area (Å²) in [7, 11) is 0. The minimum absolute atomic E-state index is 0.0629. The second-order valence-electron chi connectivity index (χ2n) is 4.12. The number of nitrogens with zero attached hydrogens (tertiary/aromatic N) is 1. The second kappa shape index (κ2) is 4.35. The first-order valence-electron chi connectivity index (χ1n) is 5.31. The third-order valence-electron chi connectivity index (χ3n) is 2.98. The first-order chi connectivity index (χ1) is 7.59. The molecule has 4 nitrogen and oxygen atoms in total. The molecular formula is C10H13F2NO3. The minimum Gasteiger partial charge on any atom is -0.480 e. The molecule has 3 atom stereocenters. The summed E-state index contributed by atoms with van der Waals surface area (Å²) < 4.78 is 32.1. The predicted molar refractivity (Wildman–Crippen MR) is 51.9 cm³/mol. The number of ether oxygens (including phenoxy) is 1. The normalized spacial score (nSPS) is 39.0. The number of halogens is 2. The van der Waals surface area contributed by atoms with Gasteiger partial charge in [0.1, 0.15) is 19.0 Å². The van der Waals surface area contributed by atoms with Gasteiger partial charge >= 0.3 is 5.97 Å². The van der Waals surface area contributed by atoms with Crippen LogP contribution in [0.5, 0.6) is 0 Å². The van der Waals surface area contributed by atoms with Crippen molar-refractivity contribution in [1.29, 1.82) is 0 Å². The molecule has 2 rings (SSSR count). The molecule has 0 radical (unpaired) electrons. The lowest BCUT2D eigenvalue weighted by Gasteiger charge is -2.28. The standard InChI is InChI=1S/C10H13F2NO3/c11-5-2-1-3-6(12)8(5)9-13-7(4-16-9)10(14)15/h5-8H,1-4H2,(H,14,15). The van der Waals surface area contributed by atoms with E-state index in [0.717, 1.165) is 0 Å². The van der Waals surface area contributed by atoms with Crippen molar-refractivity contribution in [3.8, 4) is 0 Å². The van der Waals surface area contributed by atoms with Gasteiger partial charge in [-0.1, -0.05) is 0 Å². The molecule has 16 heavy (non-hydrogen) atoms. The first-order valence-corrected chi connectivity index (χ1v) is 5.31. The van der Waals surface area contributed by atoms with Crippen LogP contribution in [-0.4, -0.2) is 42.0 Å². The highest BCUT2D eigenvalue weighted by molar-refractivity contribution is 5.87. The molecular weight excluding hydrogens is 220 g/mol. The van der Waals surface area contributed by atoms with Crippen LogP contribution in [0.25, 0.3) is 0 Å². The summed E-state index contributed by atoms with van der Waals surface area (Å²) in [6.07, 6.45) is -1.57. The number of hydrogen-bond donors (Lipinski definition) is 1. The molecule has 0 spiro atoms. The van der Waals surface area contributed by atoms with Crippen molar-refractivity contribution < 1.29 is 23.4 Å². The number of hydrogen-bond acceptors (Lipinski definition) is 3. The molecule has 1 aliphatic heterocycles. The number of carbonyl (C=O) groups is 1. The number of carboxylic acid groups (broad SMARTS) is 1. The van der Waals surface area contributed by atoms with Crippen molar-refractivity contribution in [3.63, 3.8) is 0 Å². The van der Waals surface area contributed by atoms with Crippen LogP contribution >= 0.6 is 0 Å². The average molecular weight is 233 g/mol. The SMILES string of the molecule is O=C(O)C1COC(C2C(F)CCCC2F)=N1. The zero-order valence-electron chi connectivity index (χ0n) is 8.60. The quantitative estimate of drug-likeness (QED) is 0.783. The van der Waals surface area contributed by atoms with E-state index in [4.69, 9.17) is 9.84 Å². The molecule has 6 heteroatoms. The maximum Gasteiger partial charge on any atom is 0.332 e. The molecule has 0 bridgehead atoms. The van der Waals surface area contributed by atoms with Gasteiger partial charge in [-0.3, -0.25) is 0 Å². The number of aliphatic carboxylic acids is 1. The van der Waals surface area contributed by atoms with Gasteiger partial charge in [0, 0.05) is 0 Å². The fourth-order valence-corrected chi connectivity index (χ4v) is 2.10. The van der Waals surface area contributed by atoms with Gasteiger partial charge in [-0.15, -0.1) is 0 Å². The smallest absolute Gasteiger partial charge is 0.332 e. The lowest BCUT2D eigenvalue weighted by atomic mass is 9.85. The van der Waals surface area contributed by atoms with Gasteiger partial charge in [-0.2, -0.15) is 0 Å². The summed E-state index contributed by atoms with van der Waals surface area (Å²) in [4.78, 5) is 14.3. The van der Waals surface area contributed by atoms with E-state index in [1.54, 1.807) is 0 Å². The summed E-state index contributed by atoms with van der Waals surface area (Å²) in [6, 6.07) is -1.02. The average Bonchev–Trinajstić information content (AvgIpc) is 2.66. The number of alkyl halides is 2. The molecule has 1 N–H and O–H groups in total. The largest absolute Gasteiger partial charge is 0.480 e. The van der Waals surface area contributed by atoms with E-state index in [9.17, 15) is 13.6 Å². The van der Waals surface area contributed by atoms with Gasteiger partial charge in [0.25, 0.3) is 0 Å². The molecule has 0 amide bonds. The summed E-state index contributed by atoms with van der Waals surface area (Å²) >= 11 is 0. The fraction of sp³-hybridized carbons (Fsp3) is 0.800. The Hall–Kier alpha value is -1.20. The maximum atomic E-state index is 13.5.